The SMILES string of the molecule is CCCCc1cccc([C@@H](N)CC(=O)OCC)c1.CCCCc1cccc([C@H](CC(=O)OCC)NC(=O)Nc2c(O)c3c(n(Cc4ccccc4Cl)c2=O)CCC3)c1.O=c1[nH]c2c(=O)n(Cc3ccccc3Cl)c3c(c2o1)CCC3. The summed E-state index contributed by atoms with van der Waals surface area (Å²) in [5.74, 6) is -1.48. The molecule has 80 heavy (non-hydrogen) atoms. The van der Waals surface area contributed by atoms with E-state index < -0.39 is 29.4 Å². The van der Waals surface area contributed by atoms with Crippen molar-refractivity contribution in [1.82, 2.24) is 19.4 Å². The predicted octanol–water partition coefficient (Wildman–Crippen LogP) is 11.4. The van der Waals surface area contributed by atoms with Crippen molar-refractivity contribution in [2.45, 2.75) is 143 Å². The molecule has 0 spiro atoms. The lowest BCUT2D eigenvalue weighted by molar-refractivity contribution is -0.144. The number of carbonyl (C=O) groups is 3. The number of aromatic nitrogens is 3. The van der Waals surface area contributed by atoms with E-state index in [9.17, 15) is 33.9 Å². The van der Waals surface area contributed by atoms with E-state index in [1.165, 1.54) is 18.4 Å². The van der Waals surface area contributed by atoms with Crippen LogP contribution in [0.3, 0.4) is 0 Å². The quantitative estimate of drug-likeness (QED) is 0.0451. The summed E-state index contributed by atoms with van der Waals surface area (Å²) < 4.78 is 18.5. The highest BCUT2D eigenvalue weighted by Gasteiger charge is 2.28. The van der Waals surface area contributed by atoms with Crippen LogP contribution in [0.1, 0.15) is 147 Å². The fourth-order valence-corrected chi connectivity index (χ4v) is 10.6. The van der Waals surface area contributed by atoms with Gasteiger partial charge in [-0.15, -0.1) is 0 Å². The number of aromatic hydroxyl groups is 1. The third-order valence-electron chi connectivity index (χ3n) is 14.2. The standard InChI is InChI=1S/C31H36ClN3O5.C16H13ClN2O3.C15H23NO2/c1-3-5-10-20-11-8-13-21(17-20)25(18-27(36)40-4-2)33-31(39)34-28-29(37)23-14-9-16-26(23)35(30(28)38)19-22-12-6-7-15-24(22)32;17-11-6-2-1-4-9(11)8-19-12-7-3-5-10(12)14-13(15(19)20)18-16(21)22-14;1-3-5-7-12-8-6-9-13(10-12)14(16)11-15(17)18-4-2/h6-8,11-13,15,17,25,37H,3-5,9-10,14,16,18-19H2,1-2H3,(H2,33,34,39);1-2,4,6H,3,5,7-8H2,(H,18,21);6,8-10,14H,3-5,7,11,16H2,1-2H3/t25-;;14-/m0.0/s1. The number of urea groups is 1. The number of aryl methyl sites for hydroxylation is 3. The van der Waals surface area contributed by atoms with Gasteiger partial charge in [-0.3, -0.25) is 24.2 Å². The number of nitrogens with one attached hydrogen (secondary N) is 3. The maximum Gasteiger partial charge on any atom is 0.417 e. The number of carbonyl (C=O) groups excluding carboxylic acids is 3. The molecule has 4 aromatic carbocycles. The normalized spacial score (nSPS) is 13.0. The smallest absolute Gasteiger partial charge is 0.417 e. The van der Waals surface area contributed by atoms with Gasteiger partial charge in [0, 0.05) is 38.6 Å². The molecule has 2 aliphatic carbocycles. The number of hydrogen-bond donors (Lipinski definition) is 5. The highest BCUT2D eigenvalue weighted by molar-refractivity contribution is 6.31. The lowest BCUT2D eigenvalue weighted by atomic mass is 9.99. The van der Waals surface area contributed by atoms with Gasteiger partial charge in [-0.1, -0.05) is 135 Å². The minimum Gasteiger partial charge on any atom is -0.505 e. The molecule has 3 aromatic heterocycles. The van der Waals surface area contributed by atoms with Crippen molar-refractivity contribution in [3.8, 4) is 5.75 Å². The van der Waals surface area contributed by atoms with Gasteiger partial charge in [0.2, 0.25) is 0 Å². The number of nitrogens with zero attached hydrogens (tertiary/aromatic N) is 2. The zero-order valence-electron chi connectivity index (χ0n) is 46.0. The summed E-state index contributed by atoms with van der Waals surface area (Å²) in [6.45, 7) is 9.06. The van der Waals surface area contributed by atoms with Crippen molar-refractivity contribution >= 4 is 58.0 Å². The summed E-state index contributed by atoms with van der Waals surface area (Å²) in [4.78, 5) is 77.4. The van der Waals surface area contributed by atoms with Gasteiger partial charge in [-0.25, -0.2) is 9.59 Å². The molecule has 2 atom stereocenters. The minimum absolute atomic E-state index is 0.0780. The van der Waals surface area contributed by atoms with Crippen LogP contribution in [0.2, 0.25) is 10.0 Å². The van der Waals surface area contributed by atoms with Crippen LogP contribution in [-0.2, 0) is 70.7 Å². The van der Waals surface area contributed by atoms with Crippen molar-refractivity contribution in [1.29, 1.82) is 0 Å². The zero-order chi connectivity index (χ0) is 57.3. The van der Waals surface area contributed by atoms with Gasteiger partial charge in [-0.05, 0) is 124 Å². The highest BCUT2D eigenvalue weighted by atomic mass is 35.5. The first kappa shape index (κ1) is 60.2. The molecule has 0 unspecified atom stereocenters. The lowest BCUT2D eigenvalue weighted by Crippen LogP contribution is -2.37. The Morgan fingerprint density at radius 3 is 1.79 bits per heavy atom. The topological polar surface area (TPSA) is 230 Å². The summed E-state index contributed by atoms with van der Waals surface area (Å²) in [6, 6.07) is 29.0. The Kier molecular flexibility index (Phi) is 22.0. The summed E-state index contributed by atoms with van der Waals surface area (Å²) in [5, 5.41) is 17.6. The molecule has 18 heteroatoms. The van der Waals surface area contributed by atoms with E-state index in [2.05, 4.69) is 41.6 Å². The van der Waals surface area contributed by atoms with E-state index in [4.69, 9.17) is 42.8 Å². The number of fused-ring (bicyclic) bond motifs is 4. The van der Waals surface area contributed by atoms with Crippen LogP contribution in [0.5, 0.6) is 5.75 Å². The maximum absolute atomic E-state index is 13.6. The molecular weight excluding hydrogens is 1060 g/mol. The van der Waals surface area contributed by atoms with E-state index in [-0.39, 0.29) is 60.5 Å². The van der Waals surface area contributed by atoms with Crippen LogP contribution in [0, 0.1) is 0 Å². The van der Waals surface area contributed by atoms with Crippen LogP contribution < -0.4 is 33.2 Å². The van der Waals surface area contributed by atoms with Gasteiger partial charge in [0.15, 0.2) is 16.8 Å². The molecule has 0 saturated heterocycles. The maximum atomic E-state index is 13.6. The summed E-state index contributed by atoms with van der Waals surface area (Å²) in [6.07, 6.45) is 11.1. The van der Waals surface area contributed by atoms with Gasteiger partial charge in [0.25, 0.3) is 11.1 Å². The number of hydrogen-bond acceptors (Lipinski definition) is 11. The van der Waals surface area contributed by atoms with Crippen LogP contribution in [0.25, 0.3) is 11.1 Å². The highest BCUT2D eigenvalue weighted by Crippen LogP contribution is 2.35. The third-order valence-corrected chi connectivity index (χ3v) is 15.0. The first-order chi connectivity index (χ1) is 38.6. The second-order valence-corrected chi connectivity index (χ2v) is 20.8. The third kappa shape index (κ3) is 15.5. The number of esters is 2. The Morgan fingerprint density at radius 2 is 1.21 bits per heavy atom. The van der Waals surface area contributed by atoms with Crippen LogP contribution in [0.15, 0.2) is 116 Å². The Morgan fingerprint density at radius 1 is 0.688 bits per heavy atom. The lowest BCUT2D eigenvalue weighted by Gasteiger charge is -2.21. The number of unbranched alkanes of at least 4 members (excludes halogenated alkanes) is 2. The molecule has 6 N–H and O–H groups in total. The Labute approximate surface area is 475 Å². The van der Waals surface area contributed by atoms with Gasteiger partial charge in [-0.2, -0.15) is 0 Å². The zero-order valence-corrected chi connectivity index (χ0v) is 47.5. The molecule has 0 saturated carbocycles. The van der Waals surface area contributed by atoms with E-state index in [1.807, 2.05) is 72.8 Å². The van der Waals surface area contributed by atoms with E-state index in [1.54, 1.807) is 35.1 Å². The molecule has 3 heterocycles. The second-order valence-electron chi connectivity index (χ2n) is 19.9. The molecule has 0 aliphatic heterocycles. The van der Waals surface area contributed by atoms with Crippen molar-refractivity contribution in [3.63, 3.8) is 0 Å². The second kappa shape index (κ2) is 29.2. The Balaban J connectivity index is 0.000000193. The Hall–Kier alpha value is -7.40. The molecule has 2 aliphatic rings. The fraction of sp³-hybridized carbons (Fsp3) is 0.387. The van der Waals surface area contributed by atoms with Gasteiger partial charge in [0.1, 0.15) is 5.75 Å². The van der Waals surface area contributed by atoms with E-state index in [0.29, 0.717) is 47.2 Å². The fourth-order valence-electron chi connectivity index (χ4n) is 10.2. The van der Waals surface area contributed by atoms with Crippen molar-refractivity contribution in [2.75, 3.05) is 18.5 Å². The van der Waals surface area contributed by atoms with Crippen molar-refractivity contribution < 1.29 is 33.4 Å². The Bertz CT molecular complexity index is 3470. The number of aromatic amines is 1. The number of oxazole rings is 1. The number of halogens is 2. The summed E-state index contributed by atoms with van der Waals surface area (Å²) in [7, 11) is 0. The van der Waals surface area contributed by atoms with Crippen LogP contribution in [-0.4, -0.2) is 50.4 Å². The number of pyridine rings is 2. The molecule has 0 radical (unpaired) electrons. The molecule has 7 aromatic rings. The molecule has 0 fully saturated rings. The van der Waals surface area contributed by atoms with Gasteiger partial charge >= 0.3 is 23.7 Å². The molecule has 0 bridgehead atoms. The molecule has 16 nitrogen and oxygen atoms in total. The number of rotatable bonds is 20. The number of nitrogens with two attached hydrogens (primary N) is 1. The monoisotopic (exact) mass is 1130 g/mol. The first-order valence-electron chi connectivity index (χ1n) is 27.7. The predicted molar refractivity (Wildman–Crippen MR) is 313 cm³/mol. The number of ether oxygens (including phenoxy) is 2. The number of benzene rings is 4. The molecule has 9 rings (SSSR count). The summed E-state index contributed by atoms with van der Waals surface area (Å²) >= 11 is 12.6. The average molecular weight is 1130 g/mol. The van der Waals surface area contributed by atoms with Crippen molar-refractivity contribution in [3.05, 3.63) is 194 Å². The van der Waals surface area contributed by atoms with E-state index in [0.717, 1.165) is 96.1 Å². The molecule has 2 amide bonds. The largest absolute Gasteiger partial charge is 0.505 e. The van der Waals surface area contributed by atoms with Crippen LogP contribution in [0.4, 0.5) is 10.5 Å². The summed E-state index contributed by atoms with van der Waals surface area (Å²) in [5.41, 5.74) is 14.8. The molecular formula is C62H72Cl2N6O10. The van der Waals surface area contributed by atoms with Crippen molar-refractivity contribution in [2.24, 2.45) is 5.73 Å². The minimum atomic E-state index is -0.706. The van der Waals surface area contributed by atoms with E-state index >= 15 is 0 Å². The van der Waals surface area contributed by atoms with Gasteiger partial charge in [0.05, 0.1) is 45.2 Å². The number of anilines is 1. The molecule has 424 valence electrons. The number of amides is 2. The first-order valence-corrected chi connectivity index (χ1v) is 28.4. The van der Waals surface area contributed by atoms with Crippen LogP contribution >= 0.6 is 23.2 Å². The van der Waals surface area contributed by atoms with Gasteiger partial charge < -0.3 is 44.5 Å². The average Bonchev–Trinajstić information content (AvgIpc) is 4.36. The number of H-pyrrole nitrogens is 1.